The summed E-state index contributed by atoms with van der Waals surface area (Å²) in [5, 5.41) is 14.2. The minimum Gasteiger partial charge on any atom is -0.292 e. The lowest BCUT2D eigenvalue weighted by Crippen LogP contribution is -2.19. The molecule has 0 aliphatic heterocycles. The van der Waals surface area contributed by atoms with Crippen molar-refractivity contribution in [3.8, 4) is 6.07 Å². The molecule has 1 unspecified atom stereocenters. The van der Waals surface area contributed by atoms with Gasteiger partial charge in [0.05, 0.1) is 11.8 Å². The van der Waals surface area contributed by atoms with Gasteiger partial charge in [-0.2, -0.15) is 5.26 Å². The quantitative estimate of drug-likeness (QED) is 0.876. The third kappa shape index (κ3) is 2.66. The van der Waals surface area contributed by atoms with Gasteiger partial charge in [-0.3, -0.25) is 10.3 Å². The molecule has 0 spiro atoms. The van der Waals surface area contributed by atoms with Crippen molar-refractivity contribution in [2.45, 2.75) is 12.6 Å². The standard InChI is InChI=1S/C12H11N3S/c13-8-11(12-5-3-7-16-12)15-9-10-4-1-2-6-14-10/h1-7,11,15H,9H2. The summed E-state index contributed by atoms with van der Waals surface area (Å²) in [6.07, 6.45) is 1.75. The van der Waals surface area contributed by atoms with Gasteiger partial charge in [-0.25, -0.2) is 0 Å². The molecule has 0 saturated carbocycles. The number of pyridine rings is 1. The fourth-order valence-electron chi connectivity index (χ4n) is 1.37. The van der Waals surface area contributed by atoms with E-state index in [9.17, 15) is 0 Å². The highest BCUT2D eigenvalue weighted by Gasteiger charge is 2.10. The molecule has 2 aromatic heterocycles. The van der Waals surface area contributed by atoms with Crippen molar-refractivity contribution in [2.24, 2.45) is 0 Å². The van der Waals surface area contributed by atoms with E-state index in [1.54, 1.807) is 17.5 Å². The molecule has 2 heterocycles. The van der Waals surface area contributed by atoms with Crippen LogP contribution >= 0.6 is 11.3 Å². The molecule has 0 radical (unpaired) electrons. The number of nitrogens with one attached hydrogen (secondary N) is 1. The van der Waals surface area contributed by atoms with E-state index in [0.29, 0.717) is 6.54 Å². The normalized spacial score (nSPS) is 11.9. The molecule has 4 heteroatoms. The fraction of sp³-hybridized carbons (Fsp3) is 0.167. The highest BCUT2D eigenvalue weighted by molar-refractivity contribution is 7.10. The molecular formula is C12H11N3S. The van der Waals surface area contributed by atoms with Gasteiger partial charge < -0.3 is 0 Å². The topological polar surface area (TPSA) is 48.7 Å². The van der Waals surface area contributed by atoms with Gasteiger partial charge in [0.15, 0.2) is 0 Å². The lowest BCUT2D eigenvalue weighted by Gasteiger charge is -2.08. The number of nitriles is 1. The Balaban J connectivity index is 1.97. The molecule has 1 N–H and O–H groups in total. The van der Waals surface area contributed by atoms with Crippen molar-refractivity contribution < 1.29 is 0 Å². The molecule has 0 fully saturated rings. The first-order valence-electron chi connectivity index (χ1n) is 4.96. The lowest BCUT2D eigenvalue weighted by atomic mass is 10.2. The van der Waals surface area contributed by atoms with Gasteiger partial charge in [0, 0.05) is 17.6 Å². The number of aromatic nitrogens is 1. The summed E-state index contributed by atoms with van der Waals surface area (Å²) in [7, 11) is 0. The molecule has 0 aliphatic carbocycles. The van der Waals surface area contributed by atoms with Crippen LogP contribution in [0.15, 0.2) is 41.9 Å². The predicted molar refractivity (Wildman–Crippen MR) is 63.7 cm³/mol. The first-order chi connectivity index (χ1) is 7.90. The SMILES string of the molecule is N#CC(NCc1ccccn1)c1cccs1. The zero-order chi connectivity index (χ0) is 11.2. The Morgan fingerprint density at radius 2 is 2.31 bits per heavy atom. The van der Waals surface area contributed by atoms with Crippen LogP contribution in [0.1, 0.15) is 16.6 Å². The maximum atomic E-state index is 9.05. The molecule has 0 amide bonds. The van der Waals surface area contributed by atoms with Crippen LogP contribution in [0.5, 0.6) is 0 Å². The lowest BCUT2D eigenvalue weighted by molar-refractivity contribution is 0.628. The Morgan fingerprint density at radius 1 is 1.38 bits per heavy atom. The van der Waals surface area contributed by atoms with E-state index in [2.05, 4.69) is 16.4 Å². The average molecular weight is 229 g/mol. The maximum absolute atomic E-state index is 9.05. The number of nitrogens with zero attached hydrogens (tertiary/aromatic N) is 2. The Labute approximate surface area is 98.4 Å². The largest absolute Gasteiger partial charge is 0.292 e. The van der Waals surface area contributed by atoms with Crippen LogP contribution in [0, 0.1) is 11.3 Å². The summed E-state index contributed by atoms with van der Waals surface area (Å²) in [4.78, 5) is 5.24. The van der Waals surface area contributed by atoms with E-state index in [-0.39, 0.29) is 6.04 Å². The number of thiophene rings is 1. The van der Waals surface area contributed by atoms with Gasteiger partial charge in [-0.15, -0.1) is 11.3 Å². The highest BCUT2D eigenvalue weighted by atomic mass is 32.1. The third-order valence-electron chi connectivity index (χ3n) is 2.17. The Hall–Kier alpha value is -1.70. The van der Waals surface area contributed by atoms with E-state index in [1.807, 2.05) is 35.7 Å². The molecular weight excluding hydrogens is 218 g/mol. The second kappa shape index (κ2) is 5.40. The molecule has 80 valence electrons. The Bertz CT molecular complexity index is 459. The van der Waals surface area contributed by atoms with Gasteiger partial charge in [0.2, 0.25) is 0 Å². The monoisotopic (exact) mass is 229 g/mol. The van der Waals surface area contributed by atoms with Crippen LogP contribution in [-0.2, 0) is 6.54 Å². The summed E-state index contributed by atoms with van der Waals surface area (Å²) in [5.41, 5.74) is 0.944. The van der Waals surface area contributed by atoms with Crippen molar-refractivity contribution in [1.29, 1.82) is 5.26 Å². The van der Waals surface area contributed by atoms with Crippen LogP contribution in [0.2, 0.25) is 0 Å². The third-order valence-corrected chi connectivity index (χ3v) is 3.11. The van der Waals surface area contributed by atoms with Crippen LogP contribution in [0.25, 0.3) is 0 Å². The fourth-order valence-corrected chi connectivity index (χ4v) is 2.12. The Kier molecular flexibility index (Phi) is 3.65. The first-order valence-corrected chi connectivity index (χ1v) is 5.84. The zero-order valence-corrected chi connectivity index (χ0v) is 9.45. The van der Waals surface area contributed by atoms with E-state index in [4.69, 9.17) is 5.26 Å². The van der Waals surface area contributed by atoms with Gasteiger partial charge >= 0.3 is 0 Å². The molecule has 0 aliphatic rings. The summed E-state index contributed by atoms with van der Waals surface area (Å²) in [6.45, 7) is 0.608. The van der Waals surface area contributed by atoms with Gasteiger partial charge in [-0.1, -0.05) is 12.1 Å². The summed E-state index contributed by atoms with van der Waals surface area (Å²) in [6, 6.07) is 11.7. The molecule has 16 heavy (non-hydrogen) atoms. The highest BCUT2D eigenvalue weighted by Crippen LogP contribution is 2.18. The number of rotatable bonds is 4. The van der Waals surface area contributed by atoms with Crippen molar-refractivity contribution in [1.82, 2.24) is 10.3 Å². The van der Waals surface area contributed by atoms with Gasteiger partial charge in [0.1, 0.15) is 6.04 Å². The van der Waals surface area contributed by atoms with Crippen LogP contribution in [-0.4, -0.2) is 4.98 Å². The molecule has 3 nitrogen and oxygen atoms in total. The smallest absolute Gasteiger partial charge is 0.130 e. The summed E-state index contributed by atoms with van der Waals surface area (Å²) < 4.78 is 0. The second-order valence-electron chi connectivity index (χ2n) is 3.28. The minimum atomic E-state index is -0.248. The van der Waals surface area contributed by atoms with Crippen molar-refractivity contribution in [3.63, 3.8) is 0 Å². The zero-order valence-electron chi connectivity index (χ0n) is 8.63. The van der Waals surface area contributed by atoms with E-state index >= 15 is 0 Å². The second-order valence-corrected chi connectivity index (χ2v) is 4.26. The average Bonchev–Trinajstić information content (AvgIpc) is 2.85. The molecule has 0 bridgehead atoms. The molecule has 0 aromatic carbocycles. The maximum Gasteiger partial charge on any atom is 0.130 e. The van der Waals surface area contributed by atoms with Gasteiger partial charge in [-0.05, 0) is 23.6 Å². The van der Waals surface area contributed by atoms with Crippen LogP contribution < -0.4 is 5.32 Å². The predicted octanol–water partition coefficient (Wildman–Crippen LogP) is 2.50. The van der Waals surface area contributed by atoms with Crippen molar-refractivity contribution in [3.05, 3.63) is 52.5 Å². The Morgan fingerprint density at radius 3 is 2.94 bits per heavy atom. The number of hydrogen-bond donors (Lipinski definition) is 1. The first kappa shape index (κ1) is 10.8. The molecule has 1 atom stereocenters. The molecule has 0 saturated heterocycles. The van der Waals surface area contributed by atoms with E-state index in [0.717, 1.165) is 10.6 Å². The summed E-state index contributed by atoms with van der Waals surface area (Å²) >= 11 is 1.59. The molecule has 2 aromatic rings. The van der Waals surface area contributed by atoms with E-state index < -0.39 is 0 Å². The number of hydrogen-bond acceptors (Lipinski definition) is 4. The summed E-state index contributed by atoms with van der Waals surface area (Å²) in [5.74, 6) is 0. The van der Waals surface area contributed by atoms with Gasteiger partial charge in [0.25, 0.3) is 0 Å². The molecule has 2 rings (SSSR count). The minimum absolute atomic E-state index is 0.248. The van der Waals surface area contributed by atoms with Crippen molar-refractivity contribution >= 4 is 11.3 Å². The van der Waals surface area contributed by atoms with Crippen molar-refractivity contribution in [2.75, 3.05) is 0 Å². The van der Waals surface area contributed by atoms with Crippen LogP contribution in [0.4, 0.5) is 0 Å². The van der Waals surface area contributed by atoms with Crippen LogP contribution in [0.3, 0.4) is 0 Å². The van der Waals surface area contributed by atoms with E-state index in [1.165, 1.54) is 0 Å².